The van der Waals surface area contributed by atoms with E-state index in [1.807, 2.05) is 13.0 Å². The number of rotatable bonds is 2. The second-order valence-corrected chi connectivity index (χ2v) is 7.22. The molecule has 3 nitrogen and oxygen atoms in total. The number of carbonyl (C=O) groups is 1. The number of hydrogen-bond acceptors (Lipinski definition) is 3. The largest absolute Gasteiger partial charge is 0.391 e. The Kier molecular flexibility index (Phi) is 4.81. The van der Waals surface area contributed by atoms with Gasteiger partial charge in [0, 0.05) is 0 Å². The van der Waals surface area contributed by atoms with Gasteiger partial charge in [-0.3, -0.25) is 4.79 Å². The second-order valence-electron chi connectivity index (χ2n) is 4.85. The molecule has 0 aromatic carbocycles. The monoisotopic (exact) mass is 331 g/mol. The third kappa shape index (κ3) is 3.33. The summed E-state index contributed by atoms with van der Waals surface area (Å²) in [6.07, 6.45) is 4.54. The number of thiophene rings is 1. The molecule has 1 heterocycles. The third-order valence-electron chi connectivity index (χ3n) is 3.38. The first-order valence-corrected chi connectivity index (χ1v) is 7.93. The van der Waals surface area contributed by atoms with Crippen molar-refractivity contribution < 1.29 is 9.90 Å². The minimum absolute atomic E-state index is 0.0697. The zero-order valence-electron chi connectivity index (χ0n) is 10.4. The molecule has 1 aliphatic carbocycles. The number of aryl methyl sites for hydroxylation is 1. The topological polar surface area (TPSA) is 49.3 Å². The molecule has 18 heavy (non-hydrogen) atoms. The third-order valence-corrected chi connectivity index (χ3v) is 5.51. The van der Waals surface area contributed by atoms with E-state index in [4.69, 9.17) is 0 Å². The first-order valence-electron chi connectivity index (χ1n) is 6.33. The van der Waals surface area contributed by atoms with E-state index in [1.54, 1.807) is 0 Å². The number of aliphatic hydroxyl groups excluding tert-OH is 1. The summed E-state index contributed by atoms with van der Waals surface area (Å²) in [6, 6.07) is 1.79. The Morgan fingerprint density at radius 2 is 2.17 bits per heavy atom. The average Bonchev–Trinajstić information content (AvgIpc) is 2.54. The van der Waals surface area contributed by atoms with Crippen molar-refractivity contribution in [2.45, 2.75) is 51.2 Å². The zero-order chi connectivity index (χ0) is 13.1. The normalized spacial score (nSPS) is 24.6. The lowest BCUT2D eigenvalue weighted by atomic mass is 10.1. The van der Waals surface area contributed by atoms with Crippen molar-refractivity contribution in [2.75, 3.05) is 0 Å². The van der Waals surface area contributed by atoms with E-state index in [0.29, 0.717) is 4.88 Å². The van der Waals surface area contributed by atoms with Crippen molar-refractivity contribution in [2.24, 2.45) is 0 Å². The van der Waals surface area contributed by atoms with Crippen LogP contribution >= 0.6 is 27.3 Å². The minimum Gasteiger partial charge on any atom is -0.391 e. The first-order chi connectivity index (χ1) is 8.58. The average molecular weight is 332 g/mol. The highest BCUT2D eigenvalue weighted by Gasteiger charge is 2.24. The molecule has 0 aliphatic heterocycles. The molecule has 100 valence electrons. The molecular formula is C13H18BrNO2S. The van der Waals surface area contributed by atoms with E-state index < -0.39 is 6.10 Å². The predicted octanol–water partition coefficient (Wildman–Crippen LogP) is 3.24. The molecule has 1 amide bonds. The molecule has 0 saturated heterocycles. The molecule has 2 unspecified atom stereocenters. The van der Waals surface area contributed by atoms with Gasteiger partial charge >= 0.3 is 0 Å². The summed E-state index contributed by atoms with van der Waals surface area (Å²) in [7, 11) is 0. The van der Waals surface area contributed by atoms with Gasteiger partial charge in [-0.15, -0.1) is 11.3 Å². The summed E-state index contributed by atoms with van der Waals surface area (Å²) in [6.45, 7) is 1.97. The molecule has 2 N–H and O–H groups in total. The SMILES string of the molecule is Cc1cc(C(=O)NC2CCCCCC2O)sc1Br. The van der Waals surface area contributed by atoms with Gasteiger partial charge in [-0.25, -0.2) is 0 Å². The first kappa shape index (κ1) is 14.0. The fourth-order valence-corrected chi connectivity index (χ4v) is 3.71. The lowest BCUT2D eigenvalue weighted by Gasteiger charge is -2.21. The summed E-state index contributed by atoms with van der Waals surface area (Å²) < 4.78 is 0.995. The van der Waals surface area contributed by atoms with Gasteiger partial charge in [0.15, 0.2) is 0 Å². The van der Waals surface area contributed by atoms with Crippen LogP contribution in [0.1, 0.15) is 47.3 Å². The molecule has 0 spiro atoms. The zero-order valence-corrected chi connectivity index (χ0v) is 12.8. The van der Waals surface area contributed by atoms with Gasteiger partial charge in [-0.2, -0.15) is 0 Å². The van der Waals surface area contributed by atoms with Gasteiger partial charge in [0.25, 0.3) is 5.91 Å². The van der Waals surface area contributed by atoms with Crippen molar-refractivity contribution in [3.8, 4) is 0 Å². The second kappa shape index (κ2) is 6.17. The van der Waals surface area contributed by atoms with Crippen LogP contribution < -0.4 is 5.32 Å². The van der Waals surface area contributed by atoms with E-state index in [0.717, 1.165) is 41.5 Å². The molecule has 0 bridgehead atoms. The molecule has 1 aromatic heterocycles. The highest BCUT2D eigenvalue weighted by molar-refractivity contribution is 9.11. The smallest absolute Gasteiger partial charge is 0.261 e. The lowest BCUT2D eigenvalue weighted by Crippen LogP contribution is -2.42. The molecule has 1 fully saturated rings. The van der Waals surface area contributed by atoms with Crippen LogP contribution in [0.4, 0.5) is 0 Å². The molecule has 2 atom stereocenters. The summed E-state index contributed by atoms with van der Waals surface area (Å²) in [5.41, 5.74) is 1.08. The molecule has 0 radical (unpaired) electrons. The van der Waals surface area contributed by atoms with Crippen LogP contribution in [0.15, 0.2) is 9.85 Å². The lowest BCUT2D eigenvalue weighted by molar-refractivity contribution is 0.0822. The van der Waals surface area contributed by atoms with Crippen LogP contribution in [-0.2, 0) is 0 Å². The molecule has 5 heteroatoms. The molecular weight excluding hydrogens is 314 g/mol. The molecule has 2 rings (SSSR count). The van der Waals surface area contributed by atoms with Crippen molar-refractivity contribution >= 4 is 33.2 Å². The van der Waals surface area contributed by atoms with Crippen LogP contribution in [0.2, 0.25) is 0 Å². The fourth-order valence-electron chi connectivity index (χ4n) is 2.27. The summed E-state index contributed by atoms with van der Waals surface area (Å²) in [5.74, 6) is -0.0697. The van der Waals surface area contributed by atoms with E-state index in [1.165, 1.54) is 11.3 Å². The molecule has 1 saturated carbocycles. The van der Waals surface area contributed by atoms with Gasteiger partial charge in [-0.1, -0.05) is 19.3 Å². The summed E-state index contributed by atoms with van der Waals surface area (Å²) in [4.78, 5) is 12.8. The van der Waals surface area contributed by atoms with Crippen molar-refractivity contribution in [1.29, 1.82) is 0 Å². The van der Waals surface area contributed by atoms with E-state index in [-0.39, 0.29) is 11.9 Å². The van der Waals surface area contributed by atoms with E-state index in [2.05, 4.69) is 21.2 Å². The number of aliphatic hydroxyl groups is 1. The summed E-state index contributed by atoms with van der Waals surface area (Å²) in [5, 5.41) is 13.0. The number of halogens is 1. The highest BCUT2D eigenvalue weighted by Crippen LogP contribution is 2.27. The Bertz CT molecular complexity index is 413. The van der Waals surface area contributed by atoms with Crippen LogP contribution in [0.25, 0.3) is 0 Å². The number of nitrogens with one attached hydrogen (secondary N) is 1. The Morgan fingerprint density at radius 3 is 2.83 bits per heavy atom. The van der Waals surface area contributed by atoms with Crippen molar-refractivity contribution in [3.63, 3.8) is 0 Å². The minimum atomic E-state index is -0.402. The number of carbonyl (C=O) groups excluding carboxylic acids is 1. The Morgan fingerprint density at radius 1 is 1.44 bits per heavy atom. The predicted molar refractivity (Wildman–Crippen MR) is 77.1 cm³/mol. The maximum atomic E-state index is 12.1. The molecule has 1 aliphatic rings. The Hall–Kier alpha value is -0.390. The van der Waals surface area contributed by atoms with Crippen molar-refractivity contribution in [1.82, 2.24) is 5.32 Å². The van der Waals surface area contributed by atoms with Gasteiger partial charge < -0.3 is 10.4 Å². The van der Waals surface area contributed by atoms with E-state index >= 15 is 0 Å². The Labute approximate surface area is 120 Å². The van der Waals surface area contributed by atoms with Gasteiger partial charge in [0.05, 0.1) is 20.8 Å². The van der Waals surface area contributed by atoms with Gasteiger partial charge in [0.1, 0.15) is 0 Å². The standard InChI is InChI=1S/C13H18BrNO2S/c1-8-7-11(18-12(8)14)13(17)15-9-5-3-2-4-6-10(9)16/h7,9-10,16H,2-6H2,1H3,(H,15,17). The molecule has 1 aromatic rings. The Balaban J connectivity index is 2.01. The van der Waals surface area contributed by atoms with E-state index in [9.17, 15) is 9.90 Å². The highest BCUT2D eigenvalue weighted by atomic mass is 79.9. The van der Waals surface area contributed by atoms with Gasteiger partial charge in [-0.05, 0) is 47.3 Å². The fraction of sp³-hybridized carbons (Fsp3) is 0.615. The maximum absolute atomic E-state index is 12.1. The number of hydrogen-bond donors (Lipinski definition) is 2. The quantitative estimate of drug-likeness (QED) is 0.817. The van der Waals surface area contributed by atoms with Gasteiger partial charge in [0.2, 0.25) is 0 Å². The number of amides is 1. The van der Waals surface area contributed by atoms with Crippen LogP contribution in [-0.4, -0.2) is 23.2 Å². The maximum Gasteiger partial charge on any atom is 0.261 e. The summed E-state index contributed by atoms with van der Waals surface area (Å²) >= 11 is 4.86. The van der Waals surface area contributed by atoms with Crippen LogP contribution in [0.5, 0.6) is 0 Å². The van der Waals surface area contributed by atoms with Crippen LogP contribution in [0, 0.1) is 6.92 Å². The van der Waals surface area contributed by atoms with Crippen LogP contribution in [0.3, 0.4) is 0 Å². The van der Waals surface area contributed by atoms with Crippen molar-refractivity contribution in [3.05, 3.63) is 20.3 Å².